The fourth-order valence-corrected chi connectivity index (χ4v) is 3.58. The van der Waals surface area contributed by atoms with Crippen molar-refractivity contribution in [2.75, 3.05) is 25.0 Å². The number of rotatable bonds is 5. The summed E-state index contributed by atoms with van der Waals surface area (Å²) in [7, 11) is 1.90. The van der Waals surface area contributed by atoms with E-state index in [4.69, 9.17) is 0 Å². The number of piperidine rings is 1. The number of likely N-dealkylation sites (tertiary alicyclic amines) is 1. The lowest BCUT2D eigenvalue weighted by Crippen LogP contribution is -2.41. The zero-order valence-electron chi connectivity index (χ0n) is 16.9. The van der Waals surface area contributed by atoms with E-state index in [1.54, 1.807) is 12.3 Å². The molecule has 6 nitrogen and oxygen atoms in total. The van der Waals surface area contributed by atoms with Gasteiger partial charge in [0.05, 0.1) is 29.2 Å². The van der Waals surface area contributed by atoms with Gasteiger partial charge in [-0.1, -0.05) is 0 Å². The number of anilines is 1. The molecule has 0 saturated carbocycles. The predicted octanol–water partition coefficient (Wildman–Crippen LogP) is 3.34. The second-order valence-electron chi connectivity index (χ2n) is 7.73. The van der Waals surface area contributed by atoms with Crippen molar-refractivity contribution >= 4 is 5.69 Å². The van der Waals surface area contributed by atoms with Crippen LogP contribution >= 0.6 is 0 Å². The smallest absolute Gasteiger partial charge is 0.371 e. The van der Waals surface area contributed by atoms with Crippen molar-refractivity contribution in [3.8, 4) is 0 Å². The van der Waals surface area contributed by atoms with Crippen molar-refractivity contribution in [3.63, 3.8) is 0 Å². The first-order valence-electron chi connectivity index (χ1n) is 9.72. The molecule has 1 fully saturated rings. The van der Waals surface area contributed by atoms with E-state index in [1.165, 1.54) is 16.9 Å². The van der Waals surface area contributed by atoms with Crippen molar-refractivity contribution in [1.29, 1.82) is 0 Å². The standard InChI is InChI=1S/C20H26F3N5O/c1-14(2)26(3)16-10-19(29)28(25-11-16)15-6-5-9-27(12-15)13-18-17(20(21,22)23)7-4-8-24-18/h4,7-8,10-11,14-15H,5-6,9,12-13H2,1-3H3/t15-/m1/s1. The second-order valence-corrected chi connectivity index (χ2v) is 7.73. The van der Waals surface area contributed by atoms with Crippen LogP contribution in [0.3, 0.4) is 0 Å². The molecule has 1 aliphatic heterocycles. The largest absolute Gasteiger partial charge is 0.418 e. The number of hydrogen-bond donors (Lipinski definition) is 0. The molecule has 0 unspecified atom stereocenters. The Balaban J connectivity index is 1.76. The number of hydrogen-bond acceptors (Lipinski definition) is 5. The third-order valence-corrected chi connectivity index (χ3v) is 5.39. The van der Waals surface area contributed by atoms with Gasteiger partial charge in [0.1, 0.15) is 0 Å². The molecule has 1 saturated heterocycles. The molecule has 0 bridgehead atoms. The first-order chi connectivity index (χ1) is 13.7. The van der Waals surface area contributed by atoms with Gasteiger partial charge in [-0.05, 0) is 45.4 Å². The third-order valence-electron chi connectivity index (χ3n) is 5.39. The molecule has 158 valence electrons. The molecular weight excluding hydrogens is 383 g/mol. The molecular formula is C20H26F3N5O. The normalized spacial score (nSPS) is 18.2. The number of nitrogens with zero attached hydrogens (tertiary/aromatic N) is 5. The maximum atomic E-state index is 13.2. The van der Waals surface area contributed by atoms with Gasteiger partial charge in [-0.25, -0.2) is 4.68 Å². The minimum absolute atomic E-state index is 0.00913. The average Bonchev–Trinajstić information content (AvgIpc) is 2.67. The number of aromatic nitrogens is 3. The van der Waals surface area contributed by atoms with Crippen LogP contribution in [0.4, 0.5) is 18.9 Å². The van der Waals surface area contributed by atoms with Gasteiger partial charge in [0.25, 0.3) is 5.56 Å². The third kappa shape index (κ3) is 4.95. The fourth-order valence-electron chi connectivity index (χ4n) is 3.58. The average molecular weight is 409 g/mol. The monoisotopic (exact) mass is 409 g/mol. The van der Waals surface area contributed by atoms with E-state index in [1.807, 2.05) is 30.7 Å². The summed E-state index contributed by atoms with van der Waals surface area (Å²) in [4.78, 5) is 20.4. The maximum absolute atomic E-state index is 13.2. The van der Waals surface area contributed by atoms with Crippen molar-refractivity contribution in [2.24, 2.45) is 0 Å². The van der Waals surface area contributed by atoms with Crippen molar-refractivity contribution < 1.29 is 13.2 Å². The Hall–Kier alpha value is -2.42. The Morgan fingerprint density at radius 1 is 1.34 bits per heavy atom. The zero-order valence-corrected chi connectivity index (χ0v) is 16.9. The van der Waals surface area contributed by atoms with E-state index >= 15 is 0 Å². The molecule has 0 N–H and O–H groups in total. The summed E-state index contributed by atoms with van der Waals surface area (Å²) >= 11 is 0. The summed E-state index contributed by atoms with van der Waals surface area (Å²) in [6, 6.07) is 3.97. The molecule has 0 aliphatic carbocycles. The van der Waals surface area contributed by atoms with Crippen LogP contribution < -0.4 is 10.5 Å². The van der Waals surface area contributed by atoms with Crippen LogP contribution in [0.25, 0.3) is 0 Å². The Morgan fingerprint density at radius 3 is 2.76 bits per heavy atom. The Bertz CT molecular complexity index is 896. The van der Waals surface area contributed by atoms with E-state index in [2.05, 4.69) is 10.1 Å². The maximum Gasteiger partial charge on any atom is 0.418 e. The van der Waals surface area contributed by atoms with Gasteiger partial charge in [0.2, 0.25) is 0 Å². The van der Waals surface area contributed by atoms with E-state index in [-0.39, 0.29) is 29.9 Å². The Morgan fingerprint density at radius 2 is 2.10 bits per heavy atom. The van der Waals surface area contributed by atoms with Crippen LogP contribution in [-0.4, -0.2) is 45.8 Å². The highest BCUT2D eigenvalue weighted by Gasteiger charge is 2.34. The molecule has 0 amide bonds. The molecule has 1 atom stereocenters. The van der Waals surface area contributed by atoms with Crippen LogP contribution in [0, 0.1) is 0 Å². The quantitative estimate of drug-likeness (QED) is 0.758. The van der Waals surface area contributed by atoms with E-state index < -0.39 is 11.7 Å². The highest BCUT2D eigenvalue weighted by molar-refractivity contribution is 5.42. The van der Waals surface area contributed by atoms with Gasteiger partial charge in [-0.2, -0.15) is 18.3 Å². The van der Waals surface area contributed by atoms with Crippen LogP contribution in [0.2, 0.25) is 0 Å². The van der Waals surface area contributed by atoms with Crippen LogP contribution in [0.1, 0.15) is 44.0 Å². The zero-order chi connectivity index (χ0) is 21.2. The van der Waals surface area contributed by atoms with Gasteiger partial charge in [0.15, 0.2) is 0 Å². The molecule has 0 radical (unpaired) electrons. The van der Waals surface area contributed by atoms with E-state index in [0.29, 0.717) is 13.1 Å². The van der Waals surface area contributed by atoms with Crippen LogP contribution in [-0.2, 0) is 12.7 Å². The molecule has 0 spiro atoms. The lowest BCUT2D eigenvalue weighted by Gasteiger charge is -2.33. The number of pyridine rings is 1. The molecule has 0 aromatic carbocycles. The van der Waals surface area contributed by atoms with Crippen LogP contribution in [0.15, 0.2) is 35.4 Å². The predicted molar refractivity (Wildman–Crippen MR) is 105 cm³/mol. The highest BCUT2D eigenvalue weighted by Crippen LogP contribution is 2.32. The Kier molecular flexibility index (Phi) is 6.26. The molecule has 2 aromatic rings. The van der Waals surface area contributed by atoms with Crippen molar-refractivity contribution in [3.05, 3.63) is 52.2 Å². The number of halogens is 3. The minimum Gasteiger partial charge on any atom is -0.371 e. The topological polar surface area (TPSA) is 54.3 Å². The van der Waals surface area contributed by atoms with Crippen molar-refractivity contribution in [2.45, 2.75) is 51.5 Å². The summed E-state index contributed by atoms with van der Waals surface area (Å²) in [5.41, 5.74) is -0.152. The number of alkyl halides is 3. The molecule has 29 heavy (non-hydrogen) atoms. The highest BCUT2D eigenvalue weighted by atomic mass is 19.4. The molecule has 3 heterocycles. The van der Waals surface area contributed by atoms with Gasteiger partial charge < -0.3 is 4.90 Å². The molecule has 9 heteroatoms. The van der Waals surface area contributed by atoms with Gasteiger partial charge in [-0.15, -0.1) is 0 Å². The molecule has 1 aliphatic rings. The fraction of sp³-hybridized carbons (Fsp3) is 0.550. The van der Waals surface area contributed by atoms with Crippen molar-refractivity contribution in [1.82, 2.24) is 19.7 Å². The minimum atomic E-state index is -4.43. The van der Waals surface area contributed by atoms with E-state index in [9.17, 15) is 18.0 Å². The SMILES string of the molecule is CC(C)N(C)c1cnn([C@@H]2CCCN(Cc3ncccc3C(F)(F)F)C2)c(=O)c1. The lowest BCUT2D eigenvalue weighted by molar-refractivity contribution is -0.138. The van der Waals surface area contributed by atoms with Crippen LogP contribution in [0.5, 0.6) is 0 Å². The Labute approximate surface area is 168 Å². The molecule has 2 aromatic heterocycles. The summed E-state index contributed by atoms with van der Waals surface area (Å²) in [5, 5.41) is 4.34. The first-order valence-corrected chi connectivity index (χ1v) is 9.72. The van der Waals surface area contributed by atoms with Gasteiger partial charge in [0, 0.05) is 38.4 Å². The summed E-state index contributed by atoms with van der Waals surface area (Å²) in [5.74, 6) is 0. The van der Waals surface area contributed by atoms with Gasteiger partial charge >= 0.3 is 6.18 Å². The second kappa shape index (κ2) is 8.52. The first kappa shape index (κ1) is 21.3. The summed E-state index contributed by atoms with van der Waals surface area (Å²) < 4.78 is 41.2. The van der Waals surface area contributed by atoms with E-state index in [0.717, 1.165) is 24.6 Å². The lowest BCUT2D eigenvalue weighted by atomic mass is 10.0. The molecule has 3 rings (SSSR count). The summed E-state index contributed by atoms with van der Waals surface area (Å²) in [6.07, 6.45) is 0.149. The summed E-state index contributed by atoms with van der Waals surface area (Å²) in [6.45, 7) is 5.26. The van der Waals surface area contributed by atoms with Gasteiger partial charge in [-0.3, -0.25) is 14.7 Å².